The molecule has 3 rings (SSSR count). The number of aliphatic carboxylic acids is 2. The molecule has 0 aliphatic carbocycles. The van der Waals surface area contributed by atoms with Gasteiger partial charge in [-0.25, -0.2) is 4.79 Å². The monoisotopic (exact) mass is 548 g/mol. The van der Waals surface area contributed by atoms with Crippen molar-refractivity contribution >= 4 is 29.5 Å². The molecular weight excluding hydrogens is 516 g/mol. The number of aliphatic hydroxyl groups is 1. The molecular formula is C27H33ClN2O8. The van der Waals surface area contributed by atoms with Crippen molar-refractivity contribution in [1.29, 1.82) is 0 Å². The van der Waals surface area contributed by atoms with Crippen molar-refractivity contribution < 1.29 is 39.2 Å². The number of nitrogens with zero attached hydrogens (tertiary/aromatic N) is 2. The molecule has 10 nitrogen and oxygen atoms in total. The number of carboxylic acids is 2. The van der Waals surface area contributed by atoms with Gasteiger partial charge < -0.3 is 24.8 Å². The van der Waals surface area contributed by atoms with Gasteiger partial charge in [-0.2, -0.15) is 0 Å². The molecule has 2 aromatic rings. The molecule has 0 spiro atoms. The number of rotatable bonds is 14. The van der Waals surface area contributed by atoms with Crippen molar-refractivity contribution in [2.75, 3.05) is 52.5 Å². The summed E-state index contributed by atoms with van der Waals surface area (Å²) < 4.78 is 10.4. The molecule has 0 bridgehead atoms. The van der Waals surface area contributed by atoms with E-state index in [1.165, 1.54) is 11.1 Å². The van der Waals surface area contributed by atoms with Crippen LogP contribution in [-0.2, 0) is 23.9 Å². The van der Waals surface area contributed by atoms with Gasteiger partial charge in [-0.3, -0.25) is 19.4 Å². The summed E-state index contributed by atoms with van der Waals surface area (Å²) in [4.78, 5) is 38.4. The summed E-state index contributed by atoms with van der Waals surface area (Å²) in [5, 5.41) is 28.3. The number of carbonyl (C=O) groups is 3. The Morgan fingerprint density at radius 2 is 1.50 bits per heavy atom. The van der Waals surface area contributed by atoms with Crippen LogP contribution in [0.1, 0.15) is 30.0 Å². The minimum Gasteiger partial charge on any atom is -0.481 e. The minimum atomic E-state index is -2.71. The second kappa shape index (κ2) is 14.2. The lowest BCUT2D eigenvalue weighted by Gasteiger charge is -2.39. The summed E-state index contributed by atoms with van der Waals surface area (Å²) in [6.07, 6.45) is -2.06. The fourth-order valence-electron chi connectivity index (χ4n) is 4.40. The maximum Gasteiger partial charge on any atom is 0.336 e. The van der Waals surface area contributed by atoms with Crippen LogP contribution in [0, 0.1) is 0 Å². The first kappa shape index (κ1) is 29.5. The second-order valence-corrected chi connectivity index (χ2v) is 9.60. The lowest BCUT2D eigenvalue weighted by Crippen LogP contribution is -2.48. The molecule has 206 valence electrons. The van der Waals surface area contributed by atoms with Gasteiger partial charge in [-0.1, -0.05) is 54.1 Å². The summed E-state index contributed by atoms with van der Waals surface area (Å²) >= 11 is 6.11. The Kier molecular flexibility index (Phi) is 11.1. The van der Waals surface area contributed by atoms with Crippen LogP contribution in [0.3, 0.4) is 0 Å². The molecule has 11 heteroatoms. The van der Waals surface area contributed by atoms with Crippen LogP contribution in [0.5, 0.6) is 0 Å². The Bertz CT molecular complexity index is 1060. The zero-order valence-corrected chi connectivity index (χ0v) is 21.8. The molecule has 0 aromatic heterocycles. The average Bonchev–Trinajstić information content (AvgIpc) is 2.88. The smallest absolute Gasteiger partial charge is 0.336 e. The van der Waals surface area contributed by atoms with E-state index in [0.29, 0.717) is 18.2 Å². The van der Waals surface area contributed by atoms with E-state index in [9.17, 15) is 19.5 Å². The van der Waals surface area contributed by atoms with Crippen molar-refractivity contribution in [3.8, 4) is 0 Å². The van der Waals surface area contributed by atoms with Crippen LogP contribution in [0.4, 0.5) is 0 Å². The molecule has 2 unspecified atom stereocenters. The second-order valence-electron chi connectivity index (χ2n) is 9.16. The van der Waals surface area contributed by atoms with Gasteiger partial charge in [0.1, 0.15) is 6.61 Å². The van der Waals surface area contributed by atoms with Crippen molar-refractivity contribution in [3.63, 3.8) is 0 Å². The van der Waals surface area contributed by atoms with Crippen molar-refractivity contribution in [3.05, 3.63) is 70.7 Å². The maximum absolute atomic E-state index is 11.8. The van der Waals surface area contributed by atoms with E-state index in [-0.39, 0.29) is 19.3 Å². The minimum absolute atomic E-state index is 0.1000. The number of ether oxygens (including phenoxy) is 2. The maximum atomic E-state index is 11.8. The Balaban J connectivity index is 1.38. The van der Waals surface area contributed by atoms with Gasteiger partial charge >= 0.3 is 17.9 Å². The van der Waals surface area contributed by atoms with Crippen LogP contribution in [0.15, 0.2) is 54.6 Å². The average molecular weight is 549 g/mol. The van der Waals surface area contributed by atoms with Gasteiger partial charge in [0, 0.05) is 37.7 Å². The highest BCUT2D eigenvalue weighted by atomic mass is 35.5. The molecule has 2 aromatic carbocycles. The molecule has 1 saturated heterocycles. The van der Waals surface area contributed by atoms with Crippen LogP contribution in [-0.4, -0.2) is 101 Å². The predicted octanol–water partition coefficient (Wildman–Crippen LogP) is 2.29. The molecule has 1 aliphatic rings. The molecule has 1 aliphatic heterocycles. The standard InChI is InChI=1S/C27H33ClN2O8/c28-22-8-6-21(7-9-22)25(20-4-2-1-3-5-20)30-12-10-29(11-13-30)14-15-37-16-17-38-24(33)19-27(36,26(34)35)18-23(31)32/h1-9,25,36H,10-19H2,(H,31,32)(H,34,35). The predicted molar refractivity (Wildman–Crippen MR) is 139 cm³/mol. The first-order chi connectivity index (χ1) is 18.2. The SMILES string of the molecule is O=C(O)CC(O)(CC(=O)OCCOCCN1CCN(C(c2ccccc2)c2ccc(Cl)cc2)CC1)C(=O)O. The number of carboxylic acid groups (broad SMARTS) is 2. The van der Waals surface area contributed by atoms with Crippen LogP contribution >= 0.6 is 11.6 Å². The van der Waals surface area contributed by atoms with Crippen LogP contribution in [0.2, 0.25) is 5.02 Å². The van der Waals surface area contributed by atoms with Gasteiger partial charge in [-0.05, 0) is 23.3 Å². The van der Waals surface area contributed by atoms with Crippen molar-refractivity contribution in [1.82, 2.24) is 9.80 Å². The quantitative estimate of drug-likeness (QED) is 0.238. The van der Waals surface area contributed by atoms with Gasteiger partial charge in [0.25, 0.3) is 0 Å². The third-order valence-corrected chi connectivity index (χ3v) is 6.65. The topological polar surface area (TPSA) is 137 Å². The molecule has 0 amide bonds. The lowest BCUT2D eigenvalue weighted by atomic mass is 9.96. The molecule has 1 heterocycles. The summed E-state index contributed by atoms with van der Waals surface area (Å²) in [5.41, 5.74) is -0.290. The van der Waals surface area contributed by atoms with E-state index < -0.39 is 36.4 Å². The summed E-state index contributed by atoms with van der Waals surface area (Å²) in [6.45, 7) is 4.59. The third kappa shape index (κ3) is 8.78. The Labute approximate surface area is 226 Å². The number of piperazine rings is 1. The molecule has 0 saturated carbocycles. The van der Waals surface area contributed by atoms with E-state index in [2.05, 4.69) is 34.1 Å². The molecule has 2 atom stereocenters. The first-order valence-corrected chi connectivity index (χ1v) is 12.7. The van der Waals surface area contributed by atoms with E-state index in [0.717, 1.165) is 26.2 Å². The molecule has 38 heavy (non-hydrogen) atoms. The van der Waals surface area contributed by atoms with E-state index in [4.69, 9.17) is 31.3 Å². The summed E-state index contributed by atoms with van der Waals surface area (Å²) in [7, 11) is 0. The highest BCUT2D eigenvalue weighted by Gasteiger charge is 2.41. The summed E-state index contributed by atoms with van der Waals surface area (Å²) in [6, 6.07) is 18.5. The molecule has 3 N–H and O–H groups in total. The number of halogens is 1. The van der Waals surface area contributed by atoms with Crippen LogP contribution in [0.25, 0.3) is 0 Å². The number of esters is 1. The third-order valence-electron chi connectivity index (χ3n) is 6.39. The fraction of sp³-hybridized carbons (Fsp3) is 0.444. The molecule has 0 radical (unpaired) electrons. The van der Waals surface area contributed by atoms with Gasteiger partial charge in [0.15, 0.2) is 5.60 Å². The van der Waals surface area contributed by atoms with Gasteiger partial charge in [0.2, 0.25) is 0 Å². The highest BCUT2D eigenvalue weighted by Crippen LogP contribution is 2.30. The normalized spacial score (nSPS) is 16.9. The van der Waals surface area contributed by atoms with E-state index in [1.54, 1.807) is 0 Å². The van der Waals surface area contributed by atoms with Crippen LogP contribution < -0.4 is 0 Å². The number of benzene rings is 2. The Morgan fingerprint density at radius 3 is 2.11 bits per heavy atom. The van der Waals surface area contributed by atoms with Gasteiger partial charge in [0.05, 0.1) is 32.1 Å². The van der Waals surface area contributed by atoms with E-state index in [1.807, 2.05) is 30.3 Å². The number of carbonyl (C=O) groups excluding carboxylic acids is 1. The zero-order chi connectivity index (χ0) is 27.5. The van der Waals surface area contributed by atoms with Crippen molar-refractivity contribution in [2.45, 2.75) is 24.5 Å². The highest BCUT2D eigenvalue weighted by molar-refractivity contribution is 6.30. The Hall–Kier alpha value is -3.02. The molecule has 1 fully saturated rings. The zero-order valence-electron chi connectivity index (χ0n) is 21.0. The lowest BCUT2D eigenvalue weighted by molar-refractivity contribution is -0.172. The number of hydrogen-bond acceptors (Lipinski definition) is 8. The summed E-state index contributed by atoms with van der Waals surface area (Å²) in [5.74, 6) is -4.34. The van der Waals surface area contributed by atoms with Gasteiger partial charge in [-0.15, -0.1) is 0 Å². The largest absolute Gasteiger partial charge is 0.481 e. The first-order valence-electron chi connectivity index (χ1n) is 12.4. The van der Waals surface area contributed by atoms with Crippen molar-refractivity contribution in [2.24, 2.45) is 0 Å². The van der Waals surface area contributed by atoms with E-state index >= 15 is 0 Å². The fourth-order valence-corrected chi connectivity index (χ4v) is 4.53. The Morgan fingerprint density at radius 1 is 0.868 bits per heavy atom. The number of hydrogen-bond donors (Lipinski definition) is 3.